The summed E-state index contributed by atoms with van der Waals surface area (Å²) in [4.78, 5) is 0. The summed E-state index contributed by atoms with van der Waals surface area (Å²) in [6, 6.07) is 10.0. The molecule has 1 aromatic carbocycles. The molecular weight excluding hydrogens is 200 g/mol. The number of nitrogens with one attached hydrogen (secondary N) is 1. The van der Waals surface area contributed by atoms with E-state index in [1.54, 1.807) is 0 Å². The van der Waals surface area contributed by atoms with Crippen LogP contribution in [0.1, 0.15) is 19.8 Å². The number of nitrogens with two attached hydrogens (primary N) is 1. The third-order valence-electron chi connectivity index (χ3n) is 2.31. The van der Waals surface area contributed by atoms with Crippen LogP contribution < -0.4 is 16.0 Å². The van der Waals surface area contributed by atoms with Crippen LogP contribution in [0.2, 0.25) is 0 Å². The minimum absolute atomic E-state index is 0.237. The van der Waals surface area contributed by atoms with Crippen LogP contribution in [0.5, 0.6) is 5.75 Å². The smallest absolute Gasteiger partial charge is 0.119 e. The second kappa shape index (κ2) is 7.04. The molecule has 3 N–H and O–H groups in total. The van der Waals surface area contributed by atoms with Gasteiger partial charge in [0, 0.05) is 6.04 Å². The zero-order valence-corrected chi connectivity index (χ0v) is 9.78. The van der Waals surface area contributed by atoms with Gasteiger partial charge in [0.2, 0.25) is 0 Å². The molecule has 0 aliphatic carbocycles. The number of hydrazine groups is 1. The Balaban J connectivity index is 2.26. The zero-order chi connectivity index (χ0) is 11.8. The lowest BCUT2D eigenvalue weighted by molar-refractivity contribution is 0.285. The van der Waals surface area contributed by atoms with Gasteiger partial charge in [-0.05, 0) is 31.9 Å². The van der Waals surface area contributed by atoms with Crippen molar-refractivity contribution >= 4 is 0 Å². The van der Waals surface area contributed by atoms with Crippen molar-refractivity contribution in [2.24, 2.45) is 5.84 Å². The first-order valence-electron chi connectivity index (χ1n) is 5.50. The molecule has 0 amide bonds. The Hall–Kier alpha value is -1.32. The van der Waals surface area contributed by atoms with Crippen molar-refractivity contribution in [3.63, 3.8) is 0 Å². The van der Waals surface area contributed by atoms with E-state index in [1.165, 1.54) is 0 Å². The predicted molar refractivity (Wildman–Crippen MR) is 67.1 cm³/mol. The maximum atomic E-state index is 5.59. The number of para-hydroxylation sites is 1. The summed E-state index contributed by atoms with van der Waals surface area (Å²) in [6.45, 7) is 6.53. The summed E-state index contributed by atoms with van der Waals surface area (Å²) in [6.07, 6.45) is 1.76. The van der Waals surface area contributed by atoms with Crippen molar-refractivity contribution < 1.29 is 4.74 Å². The van der Waals surface area contributed by atoms with Crippen molar-refractivity contribution in [1.82, 2.24) is 5.43 Å². The first-order valence-corrected chi connectivity index (χ1v) is 5.50. The lowest BCUT2D eigenvalue weighted by Gasteiger charge is -2.16. The Kier molecular flexibility index (Phi) is 5.61. The molecule has 0 aliphatic heterocycles. The Morgan fingerprint density at radius 3 is 2.69 bits per heavy atom. The summed E-state index contributed by atoms with van der Waals surface area (Å²) in [5.41, 5.74) is 3.91. The molecule has 3 heteroatoms. The number of rotatable bonds is 7. The van der Waals surface area contributed by atoms with Crippen LogP contribution in [0.15, 0.2) is 42.5 Å². The van der Waals surface area contributed by atoms with E-state index in [0.29, 0.717) is 6.61 Å². The molecule has 0 aliphatic rings. The molecule has 88 valence electrons. The molecule has 1 atom stereocenters. The topological polar surface area (TPSA) is 47.3 Å². The quantitative estimate of drug-likeness (QED) is 0.421. The highest BCUT2D eigenvalue weighted by Crippen LogP contribution is 2.10. The van der Waals surface area contributed by atoms with Crippen LogP contribution in [0.25, 0.3) is 0 Å². The van der Waals surface area contributed by atoms with Crippen LogP contribution in [-0.4, -0.2) is 12.6 Å². The van der Waals surface area contributed by atoms with Crippen LogP contribution in [0, 0.1) is 0 Å². The van der Waals surface area contributed by atoms with Crippen molar-refractivity contribution in [3.8, 4) is 5.75 Å². The van der Waals surface area contributed by atoms with Gasteiger partial charge >= 0.3 is 0 Å². The molecule has 0 aromatic heterocycles. The molecule has 3 nitrogen and oxygen atoms in total. The van der Waals surface area contributed by atoms with Gasteiger partial charge in [-0.2, -0.15) is 0 Å². The summed E-state index contributed by atoms with van der Waals surface area (Å²) in [5, 5.41) is 0. The first kappa shape index (κ1) is 12.7. The molecule has 0 fully saturated rings. The van der Waals surface area contributed by atoms with E-state index in [-0.39, 0.29) is 6.04 Å². The standard InChI is InChI=1S/C13H20N2O/c1-11(2)10-12(15-14)8-9-16-13-6-4-3-5-7-13/h3-7,12,15H,1,8-10,14H2,2H3. The normalized spacial score (nSPS) is 12.1. The first-order chi connectivity index (χ1) is 7.72. The fourth-order valence-corrected chi connectivity index (χ4v) is 1.50. The lowest BCUT2D eigenvalue weighted by Crippen LogP contribution is -2.36. The number of benzene rings is 1. The summed E-state index contributed by atoms with van der Waals surface area (Å²) < 4.78 is 5.59. The highest BCUT2D eigenvalue weighted by molar-refractivity contribution is 5.20. The van der Waals surface area contributed by atoms with Crippen molar-refractivity contribution in [2.75, 3.05) is 6.61 Å². The van der Waals surface area contributed by atoms with Crippen molar-refractivity contribution in [3.05, 3.63) is 42.5 Å². The van der Waals surface area contributed by atoms with Gasteiger partial charge < -0.3 is 4.74 Å². The highest BCUT2D eigenvalue weighted by Gasteiger charge is 2.06. The number of hydrogen-bond donors (Lipinski definition) is 2. The fourth-order valence-electron chi connectivity index (χ4n) is 1.50. The van der Waals surface area contributed by atoms with E-state index in [1.807, 2.05) is 37.3 Å². The van der Waals surface area contributed by atoms with Crippen molar-refractivity contribution in [1.29, 1.82) is 0 Å². The molecule has 0 bridgehead atoms. The Bertz CT molecular complexity index is 311. The highest BCUT2D eigenvalue weighted by atomic mass is 16.5. The van der Waals surface area contributed by atoms with Gasteiger partial charge in [0.25, 0.3) is 0 Å². The minimum Gasteiger partial charge on any atom is -0.494 e. The molecule has 0 radical (unpaired) electrons. The largest absolute Gasteiger partial charge is 0.494 e. The second-order valence-electron chi connectivity index (χ2n) is 3.98. The average Bonchev–Trinajstić information content (AvgIpc) is 2.28. The zero-order valence-electron chi connectivity index (χ0n) is 9.78. The van der Waals surface area contributed by atoms with E-state index in [2.05, 4.69) is 12.0 Å². The maximum absolute atomic E-state index is 5.59. The number of ether oxygens (including phenoxy) is 1. The van der Waals surface area contributed by atoms with Gasteiger partial charge in [0.1, 0.15) is 5.75 Å². The van der Waals surface area contributed by atoms with E-state index < -0.39 is 0 Å². The van der Waals surface area contributed by atoms with Gasteiger partial charge in [-0.3, -0.25) is 11.3 Å². The Morgan fingerprint density at radius 2 is 2.12 bits per heavy atom. The summed E-state index contributed by atoms with van der Waals surface area (Å²) in [7, 11) is 0. The molecule has 16 heavy (non-hydrogen) atoms. The van der Waals surface area contributed by atoms with Crippen LogP contribution in [0.4, 0.5) is 0 Å². The van der Waals surface area contributed by atoms with E-state index >= 15 is 0 Å². The maximum Gasteiger partial charge on any atom is 0.119 e. The molecule has 1 unspecified atom stereocenters. The summed E-state index contributed by atoms with van der Waals surface area (Å²) in [5.74, 6) is 6.35. The third-order valence-corrected chi connectivity index (χ3v) is 2.31. The van der Waals surface area contributed by atoms with Crippen LogP contribution in [-0.2, 0) is 0 Å². The molecular formula is C13H20N2O. The predicted octanol–water partition coefficient (Wildman–Crippen LogP) is 2.25. The van der Waals surface area contributed by atoms with Gasteiger partial charge in [-0.15, -0.1) is 6.58 Å². The number of hydrogen-bond acceptors (Lipinski definition) is 3. The molecule has 1 rings (SSSR count). The second-order valence-corrected chi connectivity index (χ2v) is 3.98. The Morgan fingerprint density at radius 1 is 1.44 bits per heavy atom. The lowest BCUT2D eigenvalue weighted by atomic mass is 10.1. The van der Waals surface area contributed by atoms with Gasteiger partial charge in [0.05, 0.1) is 6.61 Å². The van der Waals surface area contributed by atoms with E-state index in [9.17, 15) is 0 Å². The molecule has 0 heterocycles. The SMILES string of the molecule is C=C(C)CC(CCOc1ccccc1)NN. The van der Waals surface area contributed by atoms with Gasteiger partial charge in [0.15, 0.2) is 0 Å². The van der Waals surface area contributed by atoms with E-state index in [0.717, 1.165) is 24.2 Å². The monoisotopic (exact) mass is 220 g/mol. The van der Waals surface area contributed by atoms with E-state index in [4.69, 9.17) is 10.6 Å². The third kappa shape index (κ3) is 4.96. The average molecular weight is 220 g/mol. The fraction of sp³-hybridized carbons (Fsp3) is 0.385. The van der Waals surface area contributed by atoms with Crippen molar-refractivity contribution in [2.45, 2.75) is 25.8 Å². The molecule has 0 saturated heterocycles. The molecule has 0 saturated carbocycles. The summed E-state index contributed by atoms with van der Waals surface area (Å²) >= 11 is 0. The van der Waals surface area contributed by atoms with Crippen LogP contribution in [0.3, 0.4) is 0 Å². The van der Waals surface area contributed by atoms with Crippen LogP contribution >= 0.6 is 0 Å². The van der Waals surface area contributed by atoms with Gasteiger partial charge in [-0.1, -0.05) is 23.8 Å². The molecule has 1 aromatic rings. The molecule has 0 spiro atoms. The minimum atomic E-state index is 0.237. The van der Waals surface area contributed by atoms with Gasteiger partial charge in [-0.25, -0.2) is 0 Å². The Labute approximate surface area is 97.3 Å².